The van der Waals surface area contributed by atoms with E-state index in [-0.39, 0.29) is 6.79 Å². The molecule has 0 aliphatic heterocycles. The lowest BCUT2D eigenvalue weighted by Gasteiger charge is -2.04. The Morgan fingerprint density at radius 1 is 1.36 bits per heavy atom. The predicted octanol–water partition coefficient (Wildman–Crippen LogP) is 2.14. The van der Waals surface area contributed by atoms with Crippen molar-refractivity contribution in [3.8, 4) is 5.75 Å². The second-order valence-corrected chi connectivity index (χ2v) is 2.54. The molecule has 74 valence electrons. The summed E-state index contributed by atoms with van der Waals surface area (Å²) >= 11 is 0. The summed E-state index contributed by atoms with van der Waals surface area (Å²) < 4.78 is 9.88. The molecule has 0 spiro atoms. The maximum Gasteiger partial charge on any atom is 0.333 e. The van der Waals surface area contributed by atoms with Crippen molar-refractivity contribution in [2.75, 3.05) is 6.79 Å². The fourth-order valence-corrected chi connectivity index (χ4v) is 0.856. The van der Waals surface area contributed by atoms with Gasteiger partial charge in [0.1, 0.15) is 5.75 Å². The first-order chi connectivity index (χ1) is 6.83. The molecule has 0 N–H and O–H groups in total. The first-order valence-corrected chi connectivity index (χ1v) is 4.30. The fourth-order valence-electron chi connectivity index (χ4n) is 0.856. The van der Waals surface area contributed by atoms with E-state index in [1.165, 1.54) is 6.08 Å². The Kier molecular flexibility index (Phi) is 4.27. The number of carbonyl (C=O) groups is 1. The summed E-state index contributed by atoms with van der Waals surface area (Å²) in [6.07, 6.45) is 2.96. The van der Waals surface area contributed by atoms with Gasteiger partial charge in [0.15, 0.2) is 0 Å². The first kappa shape index (κ1) is 10.3. The molecule has 0 aliphatic carbocycles. The van der Waals surface area contributed by atoms with Crippen LogP contribution in [0.25, 0.3) is 0 Å². The smallest absolute Gasteiger partial charge is 0.333 e. The summed E-state index contributed by atoms with van der Waals surface area (Å²) in [6, 6.07) is 9.18. The van der Waals surface area contributed by atoms with Gasteiger partial charge >= 0.3 is 5.97 Å². The second kappa shape index (κ2) is 5.80. The van der Waals surface area contributed by atoms with Crippen LogP contribution in [-0.2, 0) is 9.53 Å². The maximum atomic E-state index is 10.8. The monoisotopic (exact) mass is 192 g/mol. The molecule has 3 nitrogen and oxygen atoms in total. The predicted molar refractivity (Wildman–Crippen MR) is 52.8 cm³/mol. The molecule has 0 aromatic heterocycles. The van der Waals surface area contributed by atoms with Crippen LogP contribution < -0.4 is 4.74 Å². The summed E-state index contributed by atoms with van der Waals surface area (Å²) in [5.74, 6) is 0.282. The SMILES string of the molecule is CC=CC(=O)OCOc1ccccc1. The Hall–Kier alpha value is -1.77. The Balaban J connectivity index is 2.25. The number of allylic oxidation sites excluding steroid dienone is 1. The number of hydrogen-bond acceptors (Lipinski definition) is 3. The Bertz CT molecular complexity index is 304. The lowest BCUT2D eigenvalue weighted by Crippen LogP contribution is -2.07. The number of carbonyl (C=O) groups excluding carboxylic acids is 1. The van der Waals surface area contributed by atoms with Crippen LogP contribution in [0.4, 0.5) is 0 Å². The number of ether oxygens (including phenoxy) is 2. The zero-order valence-electron chi connectivity index (χ0n) is 7.97. The number of esters is 1. The van der Waals surface area contributed by atoms with E-state index in [1.807, 2.05) is 18.2 Å². The minimum atomic E-state index is -0.400. The second-order valence-electron chi connectivity index (χ2n) is 2.54. The number of benzene rings is 1. The third-order valence-electron chi connectivity index (χ3n) is 1.47. The molecule has 0 atom stereocenters. The van der Waals surface area contributed by atoms with E-state index in [4.69, 9.17) is 9.47 Å². The molecule has 1 rings (SSSR count). The molecule has 1 aromatic rings. The van der Waals surface area contributed by atoms with Crippen molar-refractivity contribution < 1.29 is 14.3 Å². The maximum absolute atomic E-state index is 10.8. The molecule has 1 aromatic carbocycles. The number of rotatable bonds is 4. The summed E-state index contributed by atoms with van der Waals surface area (Å²) in [4.78, 5) is 10.8. The Morgan fingerprint density at radius 2 is 2.07 bits per heavy atom. The molecule has 14 heavy (non-hydrogen) atoms. The molecule has 0 amide bonds. The minimum absolute atomic E-state index is 0.0623. The highest BCUT2D eigenvalue weighted by molar-refractivity contribution is 5.81. The first-order valence-electron chi connectivity index (χ1n) is 4.30. The van der Waals surface area contributed by atoms with Gasteiger partial charge in [-0.1, -0.05) is 24.3 Å². The molecule has 3 heteroatoms. The van der Waals surface area contributed by atoms with E-state index in [9.17, 15) is 4.79 Å². The van der Waals surface area contributed by atoms with Gasteiger partial charge in [0.2, 0.25) is 6.79 Å². The minimum Gasteiger partial charge on any atom is -0.457 e. The van der Waals surface area contributed by atoms with E-state index in [1.54, 1.807) is 25.1 Å². The van der Waals surface area contributed by atoms with Crippen LogP contribution in [0.1, 0.15) is 6.92 Å². The average Bonchev–Trinajstić information content (AvgIpc) is 2.20. The molecule has 0 heterocycles. The standard InChI is InChI=1S/C11H12O3/c1-2-6-11(12)14-9-13-10-7-4-3-5-8-10/h2-8H,9H2,1H3. The molecule has 0 aliphatic rings. The average molecular weight is 192 g/mol. The van der Waals surface area contributed by atoms with Crippen LogP contribution in [0, 0.1) is 0 Å². The number of para-hydroxylation sites is 1. The van der Waals surface area contributed by atoms with Gasteiger partial charge < -0.3 is 9.47 Å². The third-order valence-corrected chi connectivity index (χ3v) is 1.47. The topological polar surface area (TPSA) is 35.5 Å². The Morgan fingerprint density at radius 3 is 2.71 bits per heavy atom. The molecule has 0 fully saturated rings. The van der Waals surface area contributed by atoms with Crippen LogP contribution >= 0.6 is 0 Å². The fraction of sp³-hybridized carbons (Fsp3) is 0.182. The van der Waals surface area contributed by atoms with Gasteiger partial charge in [0, 0.05) is 6.08 Å². The molecule has 0 radical (unpaired) electrons. The third kappa shape index (κ3) is 3.76. The van der Waals surface area contributed by atoms with Crippen LogP contribution in [0.5, 0.6) is 5.75 Å². The van der Waals surface area contributed by atoms with Gasteiger partial charge in [-0.25, -0.2) is 4.79 Å². The van der Waals surface area contributed by atoms with Gasteiger partial charge in [-0.15, -0.1) is 0 Å². The van der Waals surface area contributed by atoms with Gasteiger partial charge in [-0.3, -0.25) is 0 Å². The number of hydrogen-bond donors (Lipinski definition) is 0. The molecule has 0 unspecified atom stereocenters. The molecule has 0 bridgehead atoms. The zero-order chi connectivity index (χ0) is 10.2. The van der Waals surface area contributed by atoms with Crippen molar-refractivity contribution in [1.29, 1.82) is 0 Å². The highest BCUT2D eigenvalue weighted by Gasteiger charge is 1.95. The van der Waals surface area contributed by atoms with Crippen LogP contribution in [0.3, 0.4) is 0 Å². The van der Waals surface area contributed by atoms with Gasteiger partial charge in [-0.2, -0.15) is 0 Å². The normalized spacial score (nSPS) is 10.1. The van der Waals surface area contributed by atoms with Crippen molar-refractivity contribution in [1.82, 2.24) is 0 Å². The summed E-state index contributed by atoms with van der Waals surface area (Å²) in [5, 5.41) is 0. The molecular weight excluding hydrogens is 180 g/mol. The van der Waals surface area contributed by atoms with Gasteiger partial charge in [-0.05, 0) is 19.1 Å². The van der Waals surface area contributed by atoms with E-state index in [2.05, 4.69) is 0 Å². The van der Waals surface area contributed by atoms with E-state index in [0.29, 0.717) is 5.75 Å². The molecular formula is C11H12O3. The molecule has 0 saturated heterocycles. The van der Waals surface area contributed by atoms with E-state index < -0.39 is 5.97 Å². The lowest BCUT2D eigenvalue weighted by atomic mass is 10.3. The Labute approximate surface area is 83.0 Å². The van der Waals surface area contributed by atoms with Crippen molar-refractivity contribution in [2.24, 2.45) is 0 Å². The quantitative estimate of drug-likeness (QED) is 0.416. The van der Waals surface area contributed by atoms with E-state index in [0.717, 1.165) is 0 Å². The van der Waals surface area contributed by atoms with Crippen LogP contribution in [-0.4, -0.2) is 12.8 Å². The lowest BCUT2D eigenvalue weighted by molar-refractivity contribution is -0.144. The molecule has 0 saturated carbocycles. The summed E-state index contributed by atoms with van der Waals surface area (Å²) in [6.45, 7) is 1.69. The van der Waals surface area contributed by atoms with Crippen molar-refractivity contribution in [3.63, 3.8) is 0 Å². The van der Waals surface area contributed by atoms with Gasteiger partial charge in [0.05, 0.1) is 0 Å². The highest BCUT2D eigenvalue weighted by Crippen LogP contribution is 2.07. The van der Waals surface area contributed by atoms with Gasteiger partial charge in [0.25, 0.3) is 0 Å². The summed E-state index contributed by atoms with van der Waals surface area (Å²) in [5.41, 5.74) is 0. The van der Waals surface area contributed by atoms with Crippen molar-refractivity contribution in [2.45, 2.75) is 6.92 Å². The largest absolute Gasteiger partial charge is 0.457 e. The van der Waals surface area contributed by atoms with Crippen LogP contribution in [0.2, 0.25) is 0 Å². The zero-order valence-corrected chi connectivity index (χ0v) is 7.97. The van der Waals surface area contributed by atoms with Crippen molar-refractivity contribution >= 4 is 5.97 Å². The highest BCUT2D eigenvalue weighted by atomic mass is 16.7. The van der Waals surface area contributed by atoms with Crippen molar-refractivity contribution in [3.05, 3.63) is 42.5 Å². The van der Waals surface area contributed by atoms with Crippen LogP contribution in [0.15, 0.2) is 42.5 Å². The summed E-state index contributed by atoms with van der Waals surface area (Å²) in [7, 11) is 0. The van der Waals surface area contributed by atoms with E-state index >= 15 is 0 Å².